The molecule has 23 heavy (non-hydrogen) atoms. The molecule has 1 aromatic carbocycles. The monoisotopic (exact) mass is 320 g/mol. The first-order chi connectivity index (χ1) is 10.7. The van der Waals surface area contributed by atoms with Gasteiger partial charge in [0.1, 0.15) is 6.17 Å². The molecule has 1 aliphatic heterocycles. The lowest BCUT2D eigenvalue weighted by atomic mass is 9.90. The van der Waals surface area contributed by atoms with Crippen LogP contribution < -0.4 is 0 Å². The summed E-state index contributed by atoms with van der Waals surface area (Å²) < 4.78 is 12.9. The molecule has 1 saturated heterocycles. The number of hydrogen-bond donors (Lipinski definition) is 0. The van der Waals surface area contributed by atoms with Crippen LogP contribution in [0.15, 0.2) is 30.3 Å². The summed E-state index contributed by atoms with van der Waals surface area (Å²) in [6, 6.07) is 6.99. The average molecular weight is 320 g/mol. The van der Waals surface area contributed by atoms with Crippen molar-refractivity contribution in [2.45, 2.75) is 33.0 Å². The largest absolute Gasteiger partial charge is 0.322 e. The fourth-order valence-electron chi connectivity index (χ4n) is 3.08. The Morgan fingerprint density at radius 2 is 1.74 bits per heavy atom. The average Bonchev–Trinajstić information content (AvgIpc) is 2.78. The number of halogens is 1. The number of nitrogens with zero attached hydrogens (tertiary/aromatic N) is 2. The number of hydrogen-bond acceptors (Lipinski definition) is 3. The smallest absolute Gasteiger partial charge is 0.256 e. The predicted octanol–water partition coefficient (Wildman–Crippen LogP) is 1.88. The Balaban J connectivity index is 2.53. The first-order valence-electron chi connectivity index (χ1n) is 7.43. The lowest BCUT2D eigenvalue weighted by molar-refractivity contribution is -0.134. The molecule has 1 aromatic rings. The Kier molecular flexibility index (Phi) is 4.54. The fraction of sp³-hybridized carbons (Fsp3) is 0.471. The molecule has 0 N–H and O–H groups in total. The van der Waals surface area contributed by atoms with Gasteiger partial charge in [0.05, 0.1) is 0 Å². The molecule has 6 heteroatoms. The highest BCUT2D eigenvalue weighted by Gasteiger charge is 2.53. The number of ketones is 1. The van der Waals surface area contributed by atoms with Gasteiger partial charge in [-0.05, 0) is 12.1 Å². The third-order valence-corrected chi connectivity index (χ3v) is 3.96. The van der Waals surface area contributed by atoms with Crippen molar-refractivity contribution < 1.29 is 18.8 Å². The molecule has 0 aromatic heterocycles. The zero-order valence-corrected chi connectivity index (χ0v) is 13.7. The highest BCUT2D eigenvalue weighted by atomic mass is 19.1. The Morgan fingerprint density at radius 3 is 2.22 bits per heavy atom. The standard InChI is InChI=1S/C17H21FN2O3/c1-17(2,3)16-19(4)15(23)13(12(21)10-18)20(16)14(22)11-8-6-5-7-9-11/h5-9,13,16H,10H2,1-4H3/t13-,16-/m0/s1. The molecule has 2 amide bonds. The Labute approximate surface area is 135 Å². The van der Waals surface area contributed by atoms with Crippen LogP contribution in [0.1, 0.15) is 31.1 Å². The van der Waals surface area contributed by atoms with E-state index < -0.39 is 41.9 Å². The van der Waals surface area contributed by atoms with E-state index in [4.69, 9.17) is 0 Å². The minimum Gasteiger partial charge on any atom is -0.322 e. The zero-order chi connectivity index (χ0) is 17.4. The van der Waals surface area contributed by atoms with Gasteiger partial charge in [-0.2, -0.15) is 0 Å². The van der Waals surface area contributed by atoms with E-state index in [2.05, 4.69) is 0 Å². The van der Waals surface area contributed by atoms with Gasteiger partial charge in [-0.1, -0.05) is 39.0 Å². The number of carbonyl (C=O) groups excluding carboxylic acids is 3. The van der Waals surface area contributed by atoms with Gasteiger partial charge in [-0.3, -0.25) is 19.3 Å². The van der Waals surface area contributed by atoms with E-state index in [9.17, 15) is 18.8 Å². The van der Waals surface area contributed by atoms with Crippen molar-refractivity contribution in [1.82, 2.24) is 9.80 Å². The number of Topliss-reactive ketones (excluding diaryl/α,β-unsaturated/α-hetero) is 1. The molecule has 2 atom stereocenters. The van der Waals surface area contributed by atoms with Gasteiger partial charge in [0, 0.05) is 18.0 Å². The molecule has 0 radical (unpaired) electrons. The van der Waals surface area contributed by atoms with Crippen LogP contribution in [0.25, 0.3) is 0 Å². The van der Waals surface area contributed by atoms with Crippen LogP contribution in [0, 0.1) is 5.41 Å². The third kappa shape index (κ3) is 2.98. The number of benzene rings is 1. The summed E-state index contributed by atoms with van der Waals surface area (Å²) in [5, 5.41) is 0. The second-order valence-corrected chi connectivity index (χ2v) is 6.77. The van der Waals surface area contributed by atoms with E-state index >= 15 is 0 Å². The number of carbonyl (C=O) groups is 3. The van der Waals surface area contributed by atoms with Gasteiger partial charge in [0.15, 0.2) is 18.5 Å². The van der Waals surface area contributed by atoms with Crippen molar-refractivity contribution in [3.05, 3.63) is 35.9 Å². The first kappa shape index (κ1) is 17.1. The first-order valence-corrected chi connectivity index (χ1v) is 7.43. The minimum absolute atomic E-state index is 0.363. The molecule has 0 unspecified atom stereocenters. The van der Waals surface area contributed by atoms with Crippen LogP contribution in [0.3, 0.4) is 0 Å². The van der Waals surface area contributed by atoms with Gasteiger partial charge in [-0.15, -0.1) is 0 Å². The van der Waals surface area contributed by atoms with Gasteiger partial charge >= 0.3 is 0 Å². The van der Waals surface area contributed by atoms with Gasteiger partial charge < -0.3 is 4.90 Å². The summed E-state index contributed by atoms with van der Waals surface area (Å²) in [7, 11) is 1.54. The van der Waals surface area contributed by atoms with E-state index in [1.807, 2.05) is 20.8 Å². The van der Waals surface area contributed by atoms with Crippen LogP contribution in [0.2, 0.25) is 0 Å². The summed E-state index contributed by atoms with van der Waals surface area (Å²) >= 11 is 0. The predicted molar refractivity (Wildman–Crippen MR) is 83.4 cm³/mol. The van der Waals surface area contributed by atoms with E-state index in [0.29, 0.717) is 5.56 Å². The fourth-order valence-corrected chi connectivity index (χ4v) is 3.08. The lowest BCUT2D eigenvalue weighted by Crippen LogP contribution is -2.52. The van der Waals surface area contributed by atoms with Gasteiger partial charge in [0.25, 0.3) is 11.8 Å². The topological polar surface area (TPSA) is 57.7 Å². The highest BCUT2D eigenvalue weighted by molar-refractivity contribution is 6.12. The summed E-state index contributed by atoms with van der Waals surface area (Å²) in [4.78, 5) is 39.9. The van der Waals surface area contributed by atoms with Gasteiger partial charge in [0.2, 0.25) is 0 Å². The lowest BCUT2D eigenvalue weighted by Gasteiger charge is -2.38. The van der Waals surface area contributed by atoms with Crippen LogP contribution in [0.4, 0.5) is 4.39 Å². The molecule has 0 spiro atoms. The molecule has 0 bridgehead atoms. The second-order valence-electron chi connectivity index (χ2n) is 6.77. The van der Waals surface area contributed by atoms with E-state index in [0.717, 1.165) is 0 Å². The molecule has 2 rings (SSSR count). The van der Waals surface area contributed by atoms with E-state index in [-0.39, 0.29) is 0 Å². The molecule has 0 saturated carbocycles. The highest BCUT2D eigenvalue weighted by Crippen LogP contribution is 2.35. The molecular weight excluding hydrogens is 299 g/mol. The maximum Gasteiger partial charge on any atom is 0.256 e. The number of likely N-dealkylation sites (N-methyl/N-ethyl adjacent to an activating group) is 1. The zero-order valence-electron chi connectivity index (χ0n) is 13.7. The molecule has 124 valence electrons. The summed E-state index contributed by atoms with van der Waals surface area (Å²) in [6.45, 7) is 4.33. The number of rotatable bonds is 3. The van der Waals surface area contributed by atoms with E-state index in [1.165, 1.54) is 16.8 Å². The van der Waals surface area contributed by atoms with Gasteiger partial charge in [-0.25, -0.2) is 4.39 Å². The number of alkyl halides is 1. The van der Waals surface area contributed by atoms with Crippen molar-refractivity contribution in [3.8, 4) is 0 Å². The Morgan fingerprint density at radius 1 is 1.17 bits per heavy atom. The SMILES string of the molecule is CN1C(=O)[C@H](C(=O)CF)N(C(=O)c2ccccc2)[C@H]1C(C)(C)C. The molecule has 1 fully saturated rings. The quantitative estimate of drug-likeness (QED) is 0.799. The van der Waals surface area contributed by atoms with Crippen LogP contribution in [-0.4, -0.2) is 53.3 Å². The summed E-state index contributed by atoms with van der Waals surface area (Å²) in [5.41, 5.74) is -0.123. The van der Waals surface area contributed by atoms with Crippen LogP contribution in [0.5, 0.6) is 0 Å². The molecule has 5 nitrogen and oxygen atoms in total. The summed E-state index contributed by atoms with van der Waals surface area (Å²) in [6.07, 6.45) is -0.622. The van der Waals surface area contributed by atoms with Crippen LogP contribution >= 0.6 is 0 Å². The maximum absolute atomic E-state index is 12.9. The van der Waals surface area contributed by atoms with Crippen molar-refractivity contribution in [3.63, 3.8) is 0 Å². The number of amides is 2. The van der Waals surface area contributed by atoms with Crippen molar-refractivity contribution >= 4 is 17.6 Å². The summed E-state index contributed by atoms with van der Waals surface area (Å²) in [5.74, 6) is -1.88. The molecule has 0 aliphatic carbocycles. The second kappa shape index (κ2) is 6.10. The maximum atomic E-state index is 12.9. The minimum atomic E-state index is -1.40. The Hall–Kier alpha value is -2.24. The molecule has 1 heterocycles. The molecular formula is C17H21FN2O3. The van der Waals surface area contributed by atoms with Crippen molar-refractivity contribution in [2.75, 3.05) is 13.7 Å². The third-order valence-electron chi connectivity index (χ3n) is 3.96. The van der Waals surface area contributed by atoms with E-state index in [1.54, 1.807) is 30.3 Å². The van der Waals surface area contributed by atoms with Crippen molar-refractivity contribution in [2.24, 2.45) is 5.41 Å². The van der Waals surface area contributed by atoms with Crippen molar-refractivity contribution in [1.29, 1.82) is 0 Å². The Bertz CT molecular complexity index is 624. The van der Waals surface area contributed by atoms with Crippen LogP contribution in [-0.2, 0) is 9.59 Å². The normalized spacial score (nSPS) is 21.7. The molecule has 1 aliphatic rings.